The van der Waals surface area contributed by atoms with Gasteiger partial charge < -0.3 is 30.7 Å². The van der Waals surface area contributed by atoms with Crippen LogP contribution in [0.15, 0.2) is 48.5 Å². The smallest absolute Gasteiger partial charge is 0.407 e. The van der Waals surface area contributed by atoms with E-state index in [1.807, 2.05) is 41.5 Å². The normalized spacial score (nSPS) is 12.0. The summed E-state index contributed by atoms with van der Waals surface area (Å²) in [6, 6.07) is 17.6. The van der Waals surface area contributed by atoms with E-state index in [1.54, 1.807) is 0 Å². The summed E-state index contributed by atoms with van der Waals surface area (Å²) in [5, 5.41) is 18.3. The number of carbonyl (C=O) groups excluding carboxylic acids is 2. The van der Waals surface area contributed by atoms with Gasteiger partial charge in [-0.05, 0) is 113 Å². The predicted octanol–water partition coefficient (Wildman–Crippen LogP) is 8.34. The molecule has 0 bridgehead atoms. The maximum atomic E-state index is 11.8. The maximum absolute atomic E-state index is 11.8. The maximum Gasteiger partial charge on any atom is 0.407 e. The largest absolute Gasteiger partial charge is 0.444 e. The molecule has 254 valence electrons. The van der Waals surface area contributed by atoms with Crippen LogP contribution in [0, 0.1) is 0 Å². The van der Waals surface area contributed by atoms with E-state index in [2.05, 4.69) is 69.8 Å². The van der Waals surface area contributed by atoms with Gasteiger partial charge in [0.2, 0.25) is 0 Å². The Hall–Kier alpha value is -3.36. The van der Waals surface area contributed by atoms with E-state index < -0.39 is 11.2 Å². The number of carbonyl (C=O) groups is 2. The Morgan fingerprint density at radius 1 is 0.500 bits per heavy atom. The van der Waals surface area contributed by atoms with Crippen LogP contribution in [0.5, 0.6) is 0 Å². The quantitative estimate of drug-likeness (QED) is 0.0829. The average Bonchev–Trinajstić information content (AvgIpc) is 2.98. The number of nitrogens with one attached hydrogen (secondary N) is 4. The number of ether oxygens (including phenoxy) is 2. The fourth-order valence-corrected chi connectivity index (χ4v) is 5.58. The number of alkyl carbamates (subject to hydrolysis) is 2. The van der Waals surface area contributed by atoms with Gasteiger partial charge in [0, 0.05) is 26.2 Å². The van der Waals surface area contributed by atoms with Crippen LogP contribution < -0.4 is 21.3 Å². The summed E-state index contributed by atoms with van der Waals surface area (Å²) in [5.41, 5.74) is 1.79. The molecule has 0 atom stereocenters. The van der Waals surface area contributed by atoms with Gasteiger partial charge >= 0.3 is 12.2 Å². The first-order valence-electron chi connectivity index (χ1n) is 17.2. The highest BCUT2D eigenvalue weighted by Gasteiger charge is 2.17. The molecule has 8 nitrogen and oxygen atoms in total. The second-order valence-corrected chi connectivity index (χ2v) is 14.1. The number of rotatable bonds is 18. The molecule has 3 rings (SSSR count). The molecule has 0 saturated carbocycles. The van der Waals surface area contributed by atoms with Crippen molar-refractivity contribution in [3.8, 4) is 0 Å². The van der Waals surface area contributed by atoms with Gasteiger partial charge in [0.15, 0.2) is 0 Å². The van der Waals surface area contributed by atoms with Gasteiger partial charge in [-0.3, -0.25) is 0 Å². The molecular weight excluding hydrogens is 576 g/mol. The SMILES string of the molecule is CC(C)(C)OC(=O)NCCCCCCNCc1c2ccccc2c(CNCCCCCCNC(=O)OC(C)(C)C)c2ccccc12. The third-order valence-corrected chi connectivity index (χ3v) is 7.66. The number of benzene rings is 3. The zero-order valence-corrected chi connectivity index (χ0v) is 29.2. The third-order valence-electron chi connectivity index (χ3n) is 7.66. The number of amides is 2. The lowest BCUT2D eigenvalue weighted by molar-refractivity contribution is 0.0515. The van der Waals surface area contributed by atoms with E-state index in [1.165, 1.54) is 32.7 Å². The van der Waals surface area contributed by atoms with Gasteiger partial charge in [-0.2, -0.15) is 0 Å². The van der Waals surface area contributed by atoms with E-state index >= 15 is 0 Å². The fraction of sp³-hybridized carbons (Fsp3) is 0.579. The zero-order valence-electron chi connectivity index (χ0n) is 29.2. The van der Waals surface area contributed by atoms with Crippen molar-refractivity contribution in [3.05, 3.63) is 59.7 Å². The van der Waals surface area contributed by atoms with Gasteiger partial charge in [-0.15, -0.1) is 0 Å². The first kappa shape index (κ1) is 37.1. The molecule has 0 aliphatic rings. The monoisotopic (exact) mass is 634 g/mol. The number of hydrogen-bond donors (Lipinski definition) is 4. The lowest BCUT2D eigenvalue weighted by atomic mass is 9.91. The summed E-state index contributed by atoms with van der Waals surface area (Å²) in [4.78, 5) is 23.6. The van der Waals surface area contributed by atoms with Crippen LogP contribution in [0.2, 0.25) is 0 Å². The van der Waals surface area contributed by atoms with E-state index in [9.17, 15) is 9.59 Å². The molecule has 3 aromatic rings. The van der Waals surface area contributed by atoms with Crippen LogP contribution in [-0.2, 0) is 22.6 Å². The van der Waals surface area contributed by atoms with Crippen molar-refractivity contribution in [1.82, 2.24) is 21.3 Å². The van der Waals surface area contributed by atoms with Crippen LogP contribution in [0.4, 0.5) is 9.59 Å². The minimum absolute atomic E-state index is 0.339. The Morgan fingerprint density at radius 3 is 1.11 bits per heavy atom. The summed E-state index contributed by atoms with van der Waals surface area (Å²) in [5.74, 6) is 0. The molecule has 4 N–H and O–H groups in total. The summed E-state index contributed by atoms with van der Waals surface area (Å²) in [7, 11) is 0. The topological polar surface area (TPSA) is 101 Å². The van der Waals surface area contributed by atoms with Crippen molar-refractivity contribution in [2.75, 3.05) is 26.2 Å². The van der Waals surface area contributed by atoms with Crippen molar-refractivity contribution < 1.29 is 19.1 Å². The highest BCUT2D eigenvalue weighted by molar-refractivity contribution is 6.05. The van der Waals surface area contributed by atoms with Crippen LogP contribution in [0.3, 0.4) is 0 Å². The van der Waals surface area contributed by atoms with Crippen LogP contribution in [0.25, 0.3) is 21.5 Å². The van der Waals surface area contributed by atoms with E-state index in [0.717, 1.165) is 77.5 Å². The molecular formula is C38H58N4O4. The summed E-state index contributed by atoms with van der Waals surface area (Å²) in [6.45, 7) is 16.1. The minimum Gasteiger partial charge on any atom is -0.444 e. The first-order chi connectivity index (χ1) is 21.9. The molecule has 0 aliphatic carbocycles. The molecule has 8 heteroatoms. The van der Waals surface area contributed by atoms with Crippen molar-refractivity contribution in [1.29, 1.82) is 0 Å². The Morgan fingerprint density at radius 2 is 0.804 bits per heavy atom. The highest BCUT2D eigenvalue weighted by atomic mass is 16.6. The van der Waals surface area contributed by atoms with Crippen LogP contribution in [-0.4, -0.2) is 49.6 Å². The second kappa shape index (κ2) is 18.7. The van der Waals surface area contributed by atoms with E-state index in [-0.39, 0.29) is 12.2 Å². The van der Waals surface area contributed by atoms with Crippen LogP contribution in [0.1, 0.15) is 104 Å². The van der Waals surface area contributed by atoms with Gasteiger partial charge in [-0.25, -0.2) is 9.59 Å². The Balaban J connectivity index is 1.43. The molecule has 46 heavy (non-hydrogen) atoms. The van der Waals surface area contributed by atoms with Crippen LogP contribution >= 0.6 is 0 Å². The zero-order chi connectivity index (χ0) is 33.4. The number of fused-ring (bicyclic) bond motifs is 2. The number of unbranched alkanes of at least 4 members (excludes halogenated alkanes) is 6. The molecule has 0 aromatic heterocycles. The standard InChI is InChI=1S/C38H58N4O4/c1-37(2,3)45-35(43)41-25-17-9-7-15-23-39-27-33-29-19-11-13-21-31(29)34(32-22-14-12-20-30(32)33)28-40-24-16-8-10-18-26-42-36(44)46-38(4,5)6/h11-14,19-22,39-40H,7-10,15-18,23-28H2,1-6H3,(H,41,43)(H,42,44). The third kappa shape index (κ3) is 13.6. The molecule has 0 fully saturated rings. The van der Waals surface area contributed by atoms with E-state index in [4.69, 9.17) is 9.47 Å². The average molecular weight is 635 g/mol. The fourth-order valence-electron chi connectivity index (χ4n) is 5.58. The summed E-state index contributed by atoms with van der Waals surface area (Å²) >= 11 is 0. The highest BCUT2D eigenvalue weighted by Crippen LogP contribution is 2.33. The van der Waals surface area contributed by atoms with Gasteiger partial charge in [0.25, 0.3) is 0 Å². The van der Waals surface area contributed by atoms with Gasteiger partial charge in [0.05, 0.1) is 0 Å². The van der Waals surface area contributed by atoms with Gasteiger partial charge in [-0.1, -0.05) is 74.2 Å². The Bertz CT molecular complexity index is 1220. The molecule has 0 radical (unpaired) electrons. The minimum atomic E-state index is -0.462. The molecule has 0 heterocycles. The van der Waals surface area contributed by atoms with Crippen molar-refractivity contribution in [2.45, 2.75) is 117 Å². The van der Waals surface area contributed by atoms with Crippen molar-refractivity contribution >= 4 is 33.7 Å². The van der Waals surface area contributed by atoms with E-state index in [0.29, 0.717) is 13.1 Å². The lowest BCUT2D eigenvalue weighted by Gasteiger charge is -2.19. The predicted molar refractivity (Wildman–Crippen MR) is 190 cm³/mol. The van der Waals surface area contributed by atoms with Gasteiger partial charge in [0.1, 0.15) is 11.2 Å². The van der Waals surface area contributed by atoms with Crippen molar-refractivity contribution in [2.24, 2.45) is 0 Å². The lowest BCUT2D eigenvalue weighted by Crippen LogP contribution is -2.33. The summed E-state index contributed by atoms with van der Waals surface area (Å²) in [6.07, 6.45) is 7.84. The molecule has 0 unspecified atom stereocenters. The number of hydrogen-bond acceptors (Lipinski definition) is 6. The molecule has 0 aliphatic heterocycles. The molecule has 2 amide bonds. The molecule has 3 aromatic carbocycles. The Labute approximate surface area is 276 Å². The molecule has 0 spiro atoms. The first-order valence-corrected chi connectivity index (χ1v) is 17.2. The molecule has 0 saturated heterocycles. The second-order valence-electron chi connectivity index (χ2n) is 14.1. The van der Waals surface area contributed by atoms with Crippen molar-refractivity contribution in [3.63, 3.8) is 0 Å². The Kier molecular flexibility index (Phi) is 15.1. The summed E-state index contributed by atoms with van der Waals surface area (Å²) < 4.78 is 10.6.